The van der Waals surface area contributed by atoms with Gasteiger partial charge in [0.2, 0.25) is 5.91 Å². The van der Waals surface area contributed by atoms with Gasteiger partial charge in [-0.15, -0.1) is 0 Å². The molecule has 21 heavy (non-hydrogen) atoms. The number of rotatable bonds is 4. The van der Waals surface area contributed by atoms with E-state index in [0.29, 0.717) is 10.7 Å². The fourth-order valence-corrected chi connectivity index (χ4v) is 1.78. The second-order valence-corrected chi connectivity index (χ2v) is 4.74. The smallest absolute Gasteiger partial charge is 0.287 e. The fraction of sp³-hybridized carbons (Fsp3) is 0.0769. The van der Waals surface area contributed by atoms with Crippen LogP contribution in [-0.4, -0.2) is 18.4 Å². The second kappa shape index (κ2) is 6.49. The highest BCUT2D eigenvalue weighted by molar-refractivity contribution is 9.10. The van der Waals surface area contributed by atoms with Crippen LogP contribution in [0, 0.1) is 11.6 Å². The molecule has 0 unspecified atom stereocenters. The van der Waals surface area contributed by atoms with Gasteiger partial charge < -0.3 is 15.1 Å². The molecule has 2 rings (SSSR count). The number of anilines is 1. The van der Waals surface area contributed by atoms with E-state index in [-0.39, 0.29) is 18.0 Å². The first-order chi connectivity index (χ1) is 9.95. The standard InChI is InChI=1S/C13H9BrF2N2O3/c14-11-4-3-10(21-11)13(20)17-6-12(19)18-9-2-1-7(15)5-8(9)16/h1-5H,6H2,(H,17,20)(H,18,19). The molecule has 0 spiro atoms. The van der Waals surface area contributed by atoms with Gasteiger partial charge in [0.15, 0.2) is 10.4 Å². The van der Waals surface area contributed by atoms with Gasteiger partial charge in [0.25, 0.3) is 5.91 Å². The summed E-state index contributed by atoms with van der Waals surface area (Å²) in [6, 6.07) is 5.71. The lowest BCUT2D eigenvalue weighted by Gasteiger charge is -2.07. The minimum Gasteiger partial charge on any atom is -0.444 e. The lowest BCUT2D eigenvalue weighted by Crippen LogP contribution is -2.32. The van der Waals surface area contributed by atoms with E-state index < -0.39 is 23.4 Å². The van der Waals surface area contributed by atoms with Crippen molar-refractivity contribution in [3.8, 4) is 0 Å². The van der Waals surface area contributed by atoms with E-state index in [1.165, 1.54) is 12.1 Å². The van der Waals surface area contributed by atoms with Gasteiger partial charge in [-0.25, -0.2) is 8.78 Å². The summed E-state index contributed by atoms with van der Waals surface area (Å²) in [6.45, 7) is -0.381. The minimum absolute atomic E-state index is 0.0302. The summed E-state index contributed by atoms with van der Waals surface area (Å²) in [5.41, 5.74) is -0.170. The average Bonchev–Trinajstić information content (AvgIpc) is 2.86. The number of furan rings is 1. The normalized spacial score (nSPS) is 10.2. The zero-order valence-electron chi connectivity index (χ0n) is 10.5. The Labute approximate surface area is 126 Å². The predicted molar refractivity (Wildman–Crippen MR) is 73.7 cm³/mol. The molecule has 0 saturated heterocycles. The second-order valence-electron chi connectivity index (χ2n) is 3.96. The maximum Gasteiger partial charge on any atom is 0.287 e. The summed E-state index contributed by atoms with van der Waals surface area (Å²) in [4.78, 5) is 23.2. The molecule has 0 saturated carbocycles. The van der Waals surface area contributed by atoms with E-state index in [2.05, 4.69) is 26.6 Å². The van der Waals surface area contributed by atoms with Crippen molar-refractivity contribution in [2.45, 2.75) is 0 Å². The first-order valence-electron chi connectivity index (χ1n) is 5.74. The van der Waals surface area contributed by atoms with E-state index in [0.717, 1.165) is 12.1 Å². The molecule has 1 aromatic carbocycles. The van der Waals surface area contributed by atoms with Crippen LogP contribution in [0.5, 0.6) is 0 Å². The van der Waals surface area contributed by atoms with Crippen molar-refractivity contribution in [1.29, 1.82) is 0 Å². The number of halogens is 3. The highest BCUT2D eigenvalue weighted by atomic mass is 79.9. The van der Waals surface area contributed by atoms with E-state index in [9.17, 15) is 18.4 Å². The lowest BCUT2D eigenvalue weighted by atomic mass is 10.3. The molecule has 0 radical (unpaired) electrons. The first-order valence-corrected chi connectivity index (χ1v) is 6.53. The molecule has 0 atom stereocenters. The van der Waals surface area contributed by atoms with E-state index >= 15 is 0 Å². The third-order valence-electron chi connectivity index (χ3n) is 2.41. The highest BCUT2D eigenvalue weighted by Gasteiger charge is 2.13. The third kappa shape index (κ3) is 4.12. The van der Waals surface area contributed by atoms with Crippen molar-refractivity contribution in [2.24, 2.45) is 0 Å². The highest BCUT2D eigenvalue weighted by Crippen LogP contribution is 2.15. The summed E-state index contributed by atoms with van der Waals surface area (Å²) < 4.78 is 31.4. The number of benzene rings is 1. The Kier molecular flexibility index (Phi) is 4.69. The van der Waals surface area contributed by atoms with Gasteiger partial charge in [0, 0.05) is 6.07 Å². The summed E-state index contributed by atoms with van der Waals surface area (Å²) in [5.74, 6) is -2.86. The van der Waals surface area contributed by atoms with Crippen molar-refractivity contribution in [1.82, 2.24) is 5.32 Å². The molecule has 0 aliphatic rings. The zero-order chi connectivity index (χ0) is 15.4. The molecule has 2 amide bonds. The van der Waals surface area contributed by atoms with Crippen LogP contribution in [0.1, 0.15) is 10.6 Å². The first kappa shape index (κ1) is 15.2. The number of amides is 2. The van der Waals surface area contributed by atoms with Crippen LogP contribution in [-0.2, 0) is 4.79 Å². The number of carbonyl (C=O) groups is 2. The molecule has 0 bridgehead atoms. The molecule has 2 aromatic rings. The molecule has 0 aliphatic heterocycles. The Morgan fingerprint density at radius 1 is 1.19 bits per heavy atom. The summed E-state index contributed by atoms with van der Waals surface area (Å²) >= 11 is 3.04. The fourth-order valence-electron chi connectivity index (χ4n) is 1.47. The summed E-state index contributed by atoms with van der Waals surface area (Å²) in [6.07, 6.45) is 0. The Morgan fingerprint density at radius 3 is 2.57 bits per heavy atom. The van der Waals surface area contributed by atoms with E-state index in [1.54, 1.807) is 0 Å². The zero-order valence-corrected chi connectivity index (χ0v) is 12.0. The van der Waals surface area contributed by atoms with E-state index in [1.807, 2.05) is 0 Å². The lowest BCUT2D eigenvalue weighted by molar-refractivity contribution is -0.115. The summed E-state index contributed by atoms with van der Waals surface area (Å²) in [5, 5.41) is 4.52. The van der Waals surface area contributed by atoms with Crippen LogP contribution in [0.3, 0.4) is 0 Å². The van der Waals surface area contributed by atoms with Crippen LogP contribution >= 0.6 is 15.9 Å². The number of hydrogen-bond acceptors (Lipinski definition) is 3. The monoisotopic (exact) mass is 358 g/mol. The van der Waals surface area contributed by atoms with Crippen LogP contribution in [0.25, 0.3) is 0 Å². The van der Waals surface area contributed by atoms with Gasteiger partial charge in [0.05, 0.1) is 12.2 Å². The molecular weight excluding hydrogens is 350 g/mol. The Hall–Kier alpha value is -2.22. The SMILES string of the molecule is O=C(CNC(=O)c1ccc(Br)o1)Nc1ccc(F)cc1F. The third-order valence-corrected chi connectivity index (χ3v) is 2.84. The molecule has 1 aromatic heterocycles. The van der Waals surface area contributed by atoms with Gasteiger partial charge >= 0.3 is 0 Å². The van der Waals surface area contributed by atoms with E-state index in [4.69, 9.17) is 4.42 Å². The Bertz CT molecular complexity index is 688. The predicted octanol–water partition coefficient (Wildman–Crippen LogP) is 2.69. The van der Waals surface area contributed by atoms with Crippen LogP contribution in [0.2, 0.25) is 0 Å². The van der Waals surface area contributed by atoms with Crippen molar-refractivity contribution in [3.63, 3.8) is 0 Å². The maximum absolute atomic E-state index is 13.3. The molecular formula is C13H9BrF2N2O3. The Morgan fingerprint density at radius 2 is 1.95 bits per heavy atom. The maximum atomic E-state index is 13.3. The molecule has 0 aliphatic carbocycles. The molecule has 2 N–H and O–H groups in total. The summed E-state index contributed by atoms with van der Waals surface area (Å²) in [7, 11) is 0. The van der Waals surface area contributed by atoms with Crippen LogP contribution < -0.4 is 10.6 Å². The molecule has 5 nitrogen and oxygen atoms in total. The topological polar surface area (TPSA) is 71.3 Å². The average molecular weight is 359 g/mol. The molecule has 110 valence electrons. The van der Waals surface area contributed by atoms with Crippen molar-refractivity contribution >= 4 is 33.4 Å². The van der Waals surface area contributed by atoms with Gasteiger partial charge in [0.1, 0.15) is 11.6 Å². The van der Waals surface area contributed by atoms with Gasteiger partial charge in [-0.1, -0.05) is 0 Å². The van der Waals surface area contributed by atoms with Gasteiger partial charge in [-0.2, -0.15) is 0 Å². The van der Waals surface area contributed by atoms with Crippen molar-refractivity contribution in [2.75, 3.05) is 11.9 Å². The largest absolute Gasteiger partial charge is 0.444 e. The van der Waals surface area contributed by atoms with Crippen LogP contribution in [0.4, 0.5) is 14.5 Å². The minimum atomic E-state index is -0.898. The van der Waals surface area contributed by atoms with Gasteiger partial charge in [-0.05, 0) is 40.2 Å². The molecule has 0 fully saturated rings. The molecule has 8 heteroatoms. The number of carbonyl (C=O) groups excluding carboxylic acids is 2. The number of hydrogen-bond donors (Lipinski definition) is 2. The quantitative estimate of drug-likeness (QED) is 0.882. The van der Waals surface area contributed by atoms with Crippen molar-refractivity contribution in [3.05, 3.63) is 52.4 Å². The Balaban J connectivity index is 1.89. The van der Waals surface area contributed by atoms with Gasteiger partial charge in [-0.3, -0.25) is 9.59 Å². The number of nitrogens with one attached hydrogen (secondary N) is 2. The van der Waals surface area contributed by atoms with Crippen LogP contribution in [0.15, 0.2) is 39.4 Å². The van der Waals surface area contributed by atoms with Crippen molar-refractivity contribution < 1.29 is 22.8 Å². The molecule has 1 heterocycles.